The number of carboxylic acids is 1. The maximum atomic E-state index is 14.4. The van der Waals surface area contributed by atoms with E-state index in [-0.39, 0.29) is 22.9 Å². The first-order valence-electron chi connectivity index (χ1n) is 7.64. The van der Waals surface area contributed by atoms with Crippen LogP contribution in [0.15, 0.2) is 17.1 Å². The molecule has 1 saturated carbocycles. The summed E-state index contributed by atoms with van der Waals surface area (Å²) in [5.74, 6) is -1.96. The fraction of sp³-hybridized carbons (Fsp3) is 0.438. The molecule has 122 valence electrons. The molecular formula is C16H18FN3O3. The van der Waals surface area contributed by atoms with Gasteiger partial charge in [-0.15, -0.1) is 0 Å². The number of nitrogens with two attached hydrogens (primary N) is 1. The third kappa shape index (κ3) is 2.61. The van der Waals surface area contributed by atoms with Gasteiger partial charge in [-0.2, -0.15) is 0 Å². The fourth-order valence-electron chi connectivity index (χ4n) is 3.24. The van der Waals surface area contributed by atoms with E-state index in [1.165, 1.54) is 6.20 Å². The van der Waals surface area contributed by atoms with Crippen LogP contribution in [0.5, 0.6) is 0 Å². The predicted molar refractivity (Wildman–Crippen MR) is 83.2 cm³/mol. The lowest BCUT2D eigenvalue weighted by Crippen LogP contribution is -2.20. The van der Waals surface area contributed by atoms with E-state index in [4.69, 9.17) is 10.8 Å². The highest BCUT2D eigenvalue weighted by Gasteiger charge is 2.28. The predicted octanol–water partition coefficient (Wildman–Crippen LogP) is 1.85. The Balaban J connectivity index is 2.25. The summed E-state index contributed by atoms with van der Waals surface area (Å²) >= 11 is 0. The molecule has 23 heavy (non-hydrogen) atoms. The average Bonchev–Trinajstić information content (AvgIpc) is 2.93. The Hall–Kier alpha value is -2.28. The van der Waals surface area contributed by atoms with Crippen LogP contribution in [-0.2, 0) is 6.54 Å². The molecule has 0 amide bonds. The van der Waals surface area contributed by atoms with E-state index in [0.29, 0.717) is 24.3 Å². The normalized spacial score (nSPS) is 21.0. The van der Waals surface area contributed by atoms with Gasteiger partial charge in [0.15, 0.2) is 0 Å². The first-order chi connectivity index (χ1) is 10.9. The Morgan fingerprint density at radius 2 is 2.26 bits per heavy atom. The Labute approximate surface area is 131 Å². The van der Waals surface area contributed by atoms with Gasteiger partial charge in [0.05, 0.1) is 11.1 Å². The SMILES string of the molecule is CCn1cc(C(=O)O)c(=O)c2cc(F)c(C3CCC(N)C3)nc21. The zero-order valence-electron chi connectivity index (χ0n) is 12.8. The average molecular weight is 319 g/mol. The van der Waals surface area contributed by atoms with Gasteiger partial charge in [-0.05, 0) is 32.3 Å². The molecule has 2 heterocycles. The number of hydrogen-bond acceptors (Lipinski definition) is 4. The maximum absolute atomic E-state index is 14.4. The summed E-state index contributed by atoms with van der Waals surface area (Å²) in [6.45, 7) is 2.24. The van der Waals surface area contributed by atoms with Gasteiger partial charge < -0.3 is 15.4 Å². The molecule has 2 unspecified atom stereocenters. The number of hydrogen-bond donors (Lipinski definition) is 2. The largest absolute Gasteiger partial charge is 0.477 e. The number of aryl methyl sites for hydroxylation is 1. The lowest BCUT2D eigenvalue weighted by molar-refractivity contribution is 0.0695. The standard InChI is InChI=1S/C16H18FN3O3/c1-2-20-7-11(16(22)23)14(21)10-6-12(17)13(19-15(10)20)8-3-4-9(18)5-8/h6-9H,2-5,18H2,1H3,(H,22,23). The molecule has 0 spiro atoms. The summed E-state index contributed by atoms with van der Waals surface area (Å²) in [7, 11) is 0. The summed E-state index contributed by atoms with van der Waals surface area (Å²) in [6, 6.07) is 1.15. The Morgan fingerprint density at radius 1 is 1.52 bits per heavy atom. The van der Waals surface area contributed by atoms with Crippen molar-refractivity contribution in [3.63, 3.8) is 0 Å². The van der Waals surface area contributed by atoms with Crippen molar-refractivity contribution in [2.75, 3.05) is 0 Å². The second-order valence-electron chi connectivity index (χ2n) is 5.96. The minimum absolute atomic E-state index is 0.00436. The van der Waals surface area contributed by atoms with E-state index in [0.717, 1.165) is 18.9 Å². The minimum Gasteiger partial charge on any atom is -0.477 e. The molecule has 2 aromatic heterocycles. The van der Waals surface area contributed by atoms with Crippen molar-refractivity contribution in [2.24, 2.45) is 5.73 Å². The smallest absolute Gasteiger partial charge is 0.341 e. The van der Waals surface area contributed by atoms with Crippen molar-refractivity contribution in [2.45, 2.75) is 44.7 Å². The highest BCUT2D eigenvalue weighted by Crippen LogP contribution is 2.34. The van der Waals surface area contributed by atoms with Gasteiger partial charge in [0.1, 0.15) is 17.0 Å². The molecule has 6 nitrogen and oxygen atoms in total. The van der Waals surface area contributed by atoms with Crippen LogP contribution in [0.1, 0.15) is 48.2 Å². The first kappa shape index (κ1) is 15.6. The Bertz CT molecular complexity index is 847. The molecule has 0 aliphatic heterocycles. The Kier molecular flexibility index (Phi) is 3.89. The lowest BCUT2D eigenvalue weighted by atomic mass is 10.0. The zero-order chi connectivity index (χ0) is 16.7. The molecule has 0 aromatic carbocycles. The summed E-state index contributed by atoms with van der Waals surface area (Å²) in [5, 5.41) is 9.13. The van der Waals surface area contributed by atoms with Crippen molar-refractivity contribution in [1.29, 1.82) is 0 Å². The highest BCUT2D eigenvalue weighted by molar-refractivity contribution is 5.91. The van der Waals surface area contributed by atoms with E-state index in [9.17, 15) is 14.0 Å². The van der Waals surface area contributed by atoms with Crippen molar-refractivity contribution >= 4 is 17.0 Å². The van der Waals surface area contributed by atoms with E-state index in [1.54, 1.807) is 4.57 Å². The second-order valence-corrected chi connectivity index (χ2v) is 5.96. The van der Waals surface area contributed by atoms with E-state index in [1.807, 2.05) is 6.92 Å². The molecule has 2 aromatic rings. The fourth-order valence-corrected chi connectivity index (χ4v) is 3.24. The van der Waals surface area contributed by atoms with Crippen LogP contribution >= 0.6 is 0 Å². The molecule has 0 radical (unpaired) electrons. The zero-order valence-corrected chi connectivity index (χ0v) is 12.8. The van der Waals surface area contributed by atoms with Crippen molar-refractivity contribution < 1.29 is 14.3 Å². The molecule has 1 fully saturated rings. The number of aromatic nitrogens is 2. The van der Waals surface area contributed by atoms with Crippen LogP contribution in [0, 0.1) is 5.82 Å². The van der Waals surface area contributed by atoms with Crippen LogP contribution in [-0.4, -0.2) is 26.7 Å². The third-order valence-electron chi connectivity index (χ3n) is 4.46. The minimum atomic E-state index is -1.33. The van der Waals surface area contributed by atoms with Crippen molar-refractivity contribution in [3.05, 3.63) is 39.6 Å². The number of halogens is 1. The van der Waals surface area contributed by atoms with E-state index < -0.39 is 17.2 Å². The quantitative estimate of drug-likeness (QED) is 0.899. The Morgan fingerprint density at radius 3 is 2.83 bits per heavy atom. The van der Waals surface area contributed by atoms with Gasteiger partial charge >= 0.3 is 5.97 Å². The van der Waals surface area contributed by atoms with E-state index >= 15 is 0 Å². The summed E-state index contributed by atoms with van der Waals surface area (Å²) in [6.07, 6.45) is 3.52. The van der Waals surface area contributed by atoms with Crippen molar-refractivity contribution in [3.8, 4) is 0 Å². The third-order valence-corrected chi connectivity index (χ3v) is 4.46. The van der Waals surface area contributed by atoms with Crippen molar-refractivity contribution in [1.82, 2.24) is 9.55 Å². The molecule has 3 N–H and O–H groups in total. The van der Waals surface area contributed by atoms with Crippen LogP contribution in [0.4, 0.5) is 4.39 Å². The van der Waals surface area contributed by atoms with Crippen LogP contribution in [0.25, 0.3) is 11.0 Å². The summed E-state index contributed by atoms with van der Waals surface area (Å²) in [4.78, 5) is 27.8. The number of rotatable bonds is 3. The number of pyridine rings is 2. The summed E-state index contributed by atoms with van der Waals surface area (Å²) < 4.78 is 16.0. The van der Waals surface area contributed by atoms with Gasteiger partial charge in [0.25, 0.3) is 0 Å². The van der Waals surface area contributed by atoms with Gasteiger partial charge in [-0.1, -0.05) is 0 Å². The van der Waals surface area contributed by atoms with Crippen LogP contribution in [0.3, 0.4) is 0 Å². The number of carbonyl (C=O) groups is 1. The first-order valence-corrected chi connectivity index (χ1v) is 7.64. The molecule has 1 aliphatic rings. The topological polar surface area (TPSA) is 98.2 Å². The number of carboxylic acid groups (broad SMARTS) is 1. The number of nitrogens with zero attached hydrogens (tertiary/aromatic N) is 2. The van der Waals surface area contributed by atoms with Crippen LogP contribution in [0.2, 0.25) is 0 Å². The van der Waals surface area contributed by atoms with Gasteiger partial charge in [0, 0.05) is 24.7 Å². The van der Waals surface area contributed by atoms with Crippen LogP contribution < -0.4 is 11.2 Å². The molecule has 0 saturated heterocycles. The summed E-state index contributed by atoms with van der Waals surface area (Å²) in [5.41, 5.74) is 5.43. The molecule has 3 rings (SSSR count). The molecule has 0 bridgehead atoms. The monoisotopic (exact) mass is 319 g/mol. The molecular weight excluding hydrogens is 301 g/mol. The van der Waals surface area contributed by atoms with Gasteiger partial charge in [-0.25, -0.2) is 14.2 Å². The highest BCUT2D eigenvalue weighted by atomic mass is 19.1. The molecule has 7 heteroatoms. The lowest BCUT2D eigenvalue weighted by Gasteiger charge is -2.14. The number of fused-ring (bicyclic) bond motifs is 1. The van der Waals surface area contributed by atoms with Gasteiger partial charge in [-0.3, -0.25) is 4.79 Å². The van der Waals surface area contributed by atoms with Gasteiger partial charge in [0.2, 0.25) is 5.43 Å². The number of aromatic carboxylic acids is 1. The maximum Gasteiger partial charge on any atom is 0.341 e. The molecule has 1 aliphatic carbocycles. The molecule has 2 atom stereocenters. The second kappa shape index (κ2) is 5.73. The van der Waals surface area contributed by atoms with E-state index in [2.05, 4.69) is 4.98 Å².